The first-order valence-corrected chi connectivity index (χ1v) is 9.11. The number of piperazine rings is 1. The van der Waals surface area contributed by atoms with Crippen LogP contribution in [0.25, 0.3) is 6.08 Å². The van der Waals surface area contributed by atoms with Gasteiger partial charge in [0.2, 0.25) is 0 Å². The van der Waals surface area contributed by atoms with Crippen LogP contribution in [0.5, 0.6) is 0 Å². The standard InChI is InChI=1S/C20H16Cl2FN3O/c21-16-5-3-4-14(19(16)22)12-15(13-24)20(27)26-10-8-25(9-11-26)18-7-2-1-6-17(18)23/h1-7,12H,8-11H2/b15-12+. The molecule has 27 heavy (non-hydrogen) atoms. The van der Waals surface area contributed by atoms with E-state index in [0.717, 1.165) is 0 Å². The van der Waals surface area contributed by atoms with Crippen molar-refractivity contribution < 1.29 is 9.18 Å². The molecule has 1 fully saturated rings. The molecule has 4 nitrogen and oxygen atoms in total. The van der Waals surface area contributed by atoms with Gasteiger partial charge in [-0.3, -0.25) is 4.79 Å². The van der Waals surface area contributed by atoms with Crippen LogP contribution in [0.1, 0.15) is 5.56 Å². The van der Waals surface area contributed by atoms with Crippen molar-refractivity contribution in [3.8, 4) is 6.07 Å². The smallest absolute Gasteiger partial charge is 0.264 e. The van der Waals surface area contributed by atoms with Crippen molar-refractivity contribution in [3.63, 3.8) is 0 Å². The molecule has 0 bridgehead atoms. The molecule has 138 valence electrons. The molecule has 1 saturated heterocycles. The van der Waals surface area contributed by atoms with Gasteiger partial charge in [0, 0.05) is 26.2 Å². The molecule has 7 heteroatoms. The maximum atomic E-state index is 13.9. The van der Waals surface area contributed by atoms with Gasteiger partial charge in [-0.2, -0.15) is 5.26 Å². The van der Waals surface area contributed by atoms with Crippen LogP contribution in [0.15, 0.2) is 48.0 Å². The number of benzene rings is 2. The lowest BCUT2D eigenvalue weighted by molar-refractivity contribution is -0.126. The molecule has 2 aromatic carbocycles. The molecular formula is C20H16Cl2FN3O. The summed E-state index contributed by atoms with van der Waals surface area (Å²) < 4.78 is 13.9. The van der Waals surface area contributed by atoms with Gasteiger partial charge in [-0.05, 0) is 29.8 Å². The Balaban J connectivity index is 1.73. The van der Waals surface area contributed by atoms with Crippen molar-refractivity contribution in [1.29, 1.82) is 5.26 Å². The summed E-state index contributed by atoms with van der Waals surface area (Å²) in [4.78, 5) is 16.2. The van der Waals surface area contributed by atoms with E-state index in [1.54, 1.807) is 41.3 Å². The molecule has 0 atom stereocenters. The number of anilines is 1. The van der Waals surface area contributed by atoms with Gasteiger partial charge < -0.3 is 9.80 Å². The summed E-state index contributed by atoms with van der Waals surface area (Å²) in [5.41, 5.74) is 1.02. The molecule has 1 aliphatic heterocycles. The predicted octanol–water partition coefficient (Wildman–Crippen LogP) is 4.39. The second-order valence-electron chi connectivity index (χ2n) is 6.04. The number of halogens is 3. The predicted molar refractivity (Wildman–Crippen MR) is 105 cm³/mol. The molecular weight excluding hydrogens is 388 g/mol. The summed E-state index contributed by atoms with van der Waals surface area (Å²) in [6, 6.07) is 13.5. The van der Waals surface area contributed by atoms with E-state index in [4.69, 9.17) is 23.2 Å². The lowest BCUT2D eigenvalue weighted by Gasteiger charge is -2.36. The van der Waals surface area contributed by atoms with Crippen LogP contribution >= 0.6 is 23.2 Å². The number of hydrogen-bond acceptors (Lipinski definition) is 3. The molecule has 2 aromatic rings. The summed E-state index contributed by atoms with van der Waals surface area (Å²) in [6.45, 7) is 1.78. The van der Waals surface area contributed by atoms with E-state index < -0.39 is 0 Å². The lowest BCUT2D eigenvalue weighted by atomic mass is 10.1. The van der Waals surface area contributed by atoms with E-state index >= 15 is 0 Å². The molecule has 3 rings (SSSR count). The van der Waals surface area contributed by atoms with Crippen molar-refractivity contribution in [2.45, 2.75) is 0 Å². The maximum Gasteiger partial charge on any atom is 0.264 e. The number of carbonyl (C=O) groups is 1. The van der Waals surface area contributed by atoms with Crippen molar-refractivity contribution in [3.05, 3.63) is 69.5 Å². The number of carbonyl (C=O) groups excluding carboxylic acids is 1. The minimum Gasteiger partial charge on any atom is -0.366 e. The van der Waals surface area contributed by atoms with Gasteiger partial charge in [0.25, 0.3) is 5.91 Å². The third-order valence-electron chi connectivity index (χ3n) is 4.39. The SMILES string of the molecule is N#C/C(=C\c1cccc(Cl)c1Cl)C(=O)N1CCN(c2ccccc2F)CC1. The fourth-order valence-electron chi connectivity index (χ4n) is 2.96. The zero-order chi connectivity index (χ0) is 19.4. The molecule has 1 aliphatic rings. The zero-order valence-corrected chi connectivity index (χ0v) is 15.8. The van der Waals surface area contributed by atoms with Gasteiger partial charge >= 0.3 is 0 Å². The Morgan fingerprint density at radius 1 is 1.07 bits per heavy atom. The largest absolute Gasteiger partial charge is 0.366 e. The highest BCUT2D eigenvalue weighted by Gasteiger charge is 2.25. The summed E-state index contributed by atoms with van der Waals surface area (Å²) >= 11 is 12.1. The Morgan fingerprint density at radius 3 is 2.44 bits per heavy atom. The summed E-state index contributed by atoms with van der Waals surface area (Å²) in [5.74, 6) is -0.660. The normalized spacial score (nSPS) is 14.8. The molecule has 0 unspecified atom stereocenters. The van der Waals surface area contributed by atoms with Crippen molar-refractivity contribution in [2.75, 3.05) is 31.1 Å². The summed E-state index contributed by atoms with van der Waals surface area (Å²) in [6.07, 6.45) is 1.44. The Kier molecular flexibility index (Phi) is 6.00. The first-order chi connectivity index (χ1) is 13.0. The van der Waals surface area contributed by atoms with Gasteiger partial charge in [-0.25, -0.2) is 4.39 Å². The van der Waals surface area contributed by atoms with Gasteiger partial charge in [0.15, 0.2) is 0 Å². The van der Waals surface area contributed by atoms with E-state index in [-0.39, 0.29) is 17.3 Å². The molecule has 0 saturated carbocycles. The van der Waals surface area contributed by atoms with E-state index in [1.165, 1.54) is 12.1 Å². The number of hydrogen-bond donors (Lipinski definition) is 0. The van der Waals surface area contributed by atoms with E-state index in [9.17, 15) is 14.4 Å². The van der Waals surface area contributed by atoms with Crippen LogP contribution in [0, 0.1) is 17.1 Å². The Morgan fingerprint density at radius 2 is 1.78 bits per heavy atom. The van der Waals surface area contributed by atoms with Gasteiger partial charge in [0.1, 0.15) is 17.5 Å². The number of amides is 1. The highest BCUT2D eigenvalue weighted by molar-refractivity contribution is 6.43. The van der Waals surface area contributed by atoms with Crippen LogP contribution < -0.4 is 4.90 Å². The van der Waals surface area contributed by atoms with Gasteiger partial charge in [-0.15, -0.1) is 0 Å². The lowest BCUT2D eigenvalue weighted by Crippen LogP contribution is -2.49. The second-order valence-corrected chi connectivity index (χ2v) is 6.83. The highest BCUT2D eigenvalue weighted by atomic mass is 35.5. The minimum atomic E-state index is -0.373. The second kappa shape index (κ2) is 8.43. The molecule has 1 heterocycles. The maximum absolute atomic E-state index is 13.9. The monoisotopic (exact) mass is 403 g/mol. The van der Waals surface area contributed by atoms with Crippen LogP contribution in [0.2, 0.25) is 10.0 Å². The van der Waals surface area contributed by atoms with E-state index in [1.807, 2.05) is 11.0 Å². The zero-order valence-electron chi connectivity index (χ0n) is 14.3. The Labute approximate surface area is 167 Å². The quantitative estimate of drug-likeness (QED) is 0.563. The number of rotatable bonds is 3. The first-order valence-electron chi connectivity index (χ1n) is 8.36. The Hall–Kier alpha value is -2.55. The minimum absolute atomic E-state index is 0.0153. The molecule has 0 aliphatic carbocycles. The highest BCUT2D eigenvalue weighted by Crippen LogP contribution is 2.27. The van der Waals surface area contributed by atoms with Crippen molar-refractivity contribution in [2.24, 2.45) is 0 Å². The third-order valence-corrected chi connectivity index (χ3v) is 5.23. The number of nitriles is 1. The molecule has 1 amide bonds. The first kappa shape index (κ1) is 19.2. The van der Waals surface area contributed by atoms with E-state index in [0.29, 0.717) is 47.5 Å². The number of para-hydroxylation sites is 1. The average molecular weight is 404 g/mol. The average Bonchev–Trinajstić information content (AvgIpc) is 2.69. The Bertz CT molecular complexity index is 931. The van der Waals surface area contributed by atoms with Crippen molar-refractivity contribution >= 4 is 40.9 Å². The molecule has 0 spiro atoms. The van der Waals surface area contributed by atoms with Crippen LogP contribution in [-0.4, -0.2) is 37.0 Å². The molecule has 0 radical (unpaired) electrons. The van der Waals surface area contributed by atoms with Crippen molar-refractivity contribution in [1.82, 2.24) is 4.90 Å². The molecule has 0 aromatic heterocycles. The van der Waals surface area contributed by atoms with E-state index in [2.05, 4.69) is 0 Å². The fraction of sp³-hybridized carbons (Fsp3) is 0.200. The summed E-state index contributed by atoms with van der Waals surface area (Å²) in [7, 11) is 0. The third kappa shape index (κ3) is 4.24. The topological polar surface area (TPSA) is 47.3 Å². The molecule has 0 N–H and O–H groups in total. The summed E-state index contributed by atoms with van der Waals surface area (Å²) in [5, 5.41) is 10.1. The van der Waals surface area contributed by atoms with Crippen LogP contribution in [-0.2, 0) is 4.79 Å². The van der Waals surface area contributed by atoms with Crippen LogP contribution in [0.4, 0.5) is 10.1 Å². The van der Waals surface area contributed by atoms with Gasteiger partial charge in [-0.1, -0.05) is 47.5 Å². The number of nitrogens with zero attached hydrogens (tertiary/aromatic N) is 3. The van der Waals surface area contributed by atoms with Crippen LogP contribution in [0.3, 0.4) is 0 Å². The van der Waals surface area contributed by atoms with Gasteiger partial charge in [0.05, 0.1) is 15.7 Å². The fourth-order valence-corrected chi connectivity index (χ4v) is 3.32.